The number of aromatic carboxylic acids is 1. The molecule has 2 heterocycles. The maximum absolute atomic E-state index is 12.3. The van der Waals surface area contributed by atoms with Crippen LogP contribution in [0.2, 0.25) is 5.02 Å². The van der Waals surface area contributed by atoms with Gasteiger partial charge in [-0.25, -0.2) is 4.79 Å². The lowest BCUT2D eigenvalue weighted by atomic mass is 10.2. The second kappa shape index (κ2) is 7.19. The number of carbonyl (C=O) groups excluding carboxylic acids is 1. The molecule has 0 spiro atoms. The van der Waals surface area contributed by atoms with Gasteiger partial charge in [-0.2, -0.15) is 11.8 Å². The SMILES string of the molecule is O=C(O)c1ccc(C(=O)Nc2cc(Cl)ccc2N2CCSCC2)o1. The smallest absolute Gasteiger partial charge is 0.371 e. The molecular formula is C16H15ClN2O4S. The van der Waals surface area contributed by atoms with Gasteiger partial charge in [-0.1, -0.05) is 11.6 Å². The first kappa shape index (κ1) is 16.7. The van der Waals surface area contributed by atoms with E-state index in [1.54, 1.807) is 12.1 Å². The summed E-state index contributed by atoms with van der Waals surface area (Å²) in [4.78, 5) is 25.4. The molecule has 2 aromatic rings. The van der Waals surface area contributed by atoms with Crippen molar-refractivity contribution in [1.29, 1.82) is 0 Å². The molecule has 1 aromatic heterocycles. The van der Waals surface area contributed by atoms with Crippen LogP contribution in [0.4, 0.5) is 11.4 Å². The molecule has 126 valence electrons. The van der Waals surface area contributed by atoms with E-state index in [4.69, 9.17) is 21.1 Å². The maximum atomic E-state index is 12.3. The van der Waals surface area contributed by atoms with Crippen molar-refractivity contribution in [3.05, 3.63) is 46.9 Å². The van der Waals surface area contributed by atoms with Crippen molar-refractivity contribution < 1.29 is 19.1 Å². The number of anilines is 2. The molecule has 8 heteroatoms. The summed E-state index contributed by atoms with van der Waals surface area (Å²) < 4.78 is 5.03. The Hall–Kier alpha value is -2.12. The first-order valence-electron chi connectivity index (χ1n) is 7.31. The number of carboxylic acids is 1. The van der Waals surface area contributed by atoms with E-state index in [9.17, 15) is 9.59 Å². The summed E-state index contributed by atoms with van der Waals surface area (Å²) in [6, 6.07) is 7.92. The van der Waals surface area contributed by atoms with Crippen LogP contribution in [0.15, 0.2) is 34.7 Å². The minimum Gasteiger partial charge on any atom is -0.475 e. The van der Waals surface area contributed by atoms with Crippen LogP contribution >= 0.6 is 23.4 Å². The second-order valence-corrected chi connectivity index (χ2v) is 6.85. The van der Waals surface area contributed by atoms with E-state index in [0.717, 1.165) is 30.3 Å². The number of carboxylic acid groups (broad SMARTS) is 1. The lowest BCUT2D eigenvalue weighted by Crippen LogP contribution is -2.33. The number of furan rings is 1. The molecular weight excluding hydrogens is 352 g/mol. The highest BCUT2D eigenvalue weighted by atomic mass is 35.5. The third-order valence-corrected chi connectivity index (χ3v) is 4.78. The fourth-order valence-electron chi connectivity index (χ4n) is 2.45. The number of benzene rings is 1. The van der Waals surface area contributed by atoms with Gasteiger partial charge in [0.2, 0.25) is 5.76 Å². The van der Waals surface area contributed by atoms with Gasteiger partial charge in [0.25, 0.3) is 5.91 Å². The first-order valence-corrected chi connectivity index (χ1v) is 8.84. The monoisotopic (exact) mass is 366 g/mol. The van der Waals surface area contributed by atoms with Gasteiger partial charge in [-0.05, 0) is 30.3 Å². The van der Waals surface area contributed by atoms with Crippen LogP contribution in [-0.4, -0.2) is 41.6 Å². The van der Waals surface area contributed by atoms with Crippen LogP contribution < -0.4 is 10.2 Å². The Bertz CT molecular complexity index is 771. The van der Waals surface area contributed by atoms with Crippen molar-refractivity contribution in [3.8, 4) is 0 Å². The predicted molar refractivity (Wildman–Crippen MR) is 94.6 cm³/mol. The normalized spacial score (nSPS) is 14.5. The number of nitrogens with one attached hydrogen (secondary N) is 1. The molecule has 1 amide bonds. The molecule has 1 aliphatic heterocycles. The van der Waals surface area contributed by atoms with Crippen LogP contribution in [0.3, 0.4) is 0 Å². The molecule has 1 fully saturated rings. The van der Waals surface area contributed by atoms with Crippen LogP contribution in [0.5, 0.6) is 0 Å². The van der Waals surface area contributed by atoms with E-state index >= 15 is 0 Å². The molecule has 0 saturated carbocycles. The summed E-state index contributed by atoms with van der Waals surface area (Å²) in [5.74, 6) is -0.0282. The molecule has 0 aliphatic carbocycles. The zero-order chi connectivity index (χ0) is 17.1. The number of hydrogen-bond donors (Lipinski definition) is 2. The Morgan fingerprint density at radius 1 is 1.17 bits per heavy atom. The van der Waals surface area contributed by atoms with Crippen molar-refractivity contribution in [2.24, 2.45) is 0 Å². The van der Waals surface area contributed by atoms with Crippen molar-refractivity contribution in [3.63, 3.8) is 0 Å². The number of nitrogens with zero attached hydrogens (tertiary/aromatic N) is 1. The van der Waals surface area contributed by atoms with Crippen LogP contribution in [0, 0.1) is 0 Å². The van der Waals surface area contributed by atoms with Gasteiger partial charge < -0.3 is 19.7 Å². The molecule has 0 atom stereocenters. The lowest BCUT2D eigenvalue weighted by molar-refractivity contribution is 0.0660. The molecule has 3 rings (SSSR count). The molecule has 6 nitrogen and oxygen atoms in total. The summed E-state index contributed by atoms with van der Waals surface area (Å²) in [7, 11) is 0. The van der Waals surface area contributed by atoms with Crippen LogP contribution in [0.1, 0.15) is 21.1 Å². The lowest BCUT2D eigenvalue weighted by Gasteiger charge is -2.30. The molecule has 1 aliphatic rings. The van der Waals surface area contributed by atoms with Crippen molar-refractivity contribution >= 4 is 46.6 Å². The molecule has 0 radical (unpaired) electrons. The second-order valence-electron chi connectivity index (χ2n) is 5.18. The number of rotatable bonds is 4. The van der Waals surface area contributed by atoms with Gasteiger partial charge in [0.05, 0.1) is 11.4 Å². The molecule has 24 heavy (non-hydrogen) atoms. The van der Waals surface area contributed by atoms with Crippen LogP contribution in [0.25, 0.3) is 0 Å². The topological polar surface area (TPSA) is 82.8 Å². The van der Waals surface area contributed by atoms with Crippen LogP contribution in [-0.2, 0) is 0 Å². The molecule has 1 saturated heterocycles. The number of amides is 1. The van der Waals surface area contributed by atoms with E-state index < -0.39 is 11.9 Å². The third kappa shape index (κ3) is 3.68. The Balaban J connectivity index is 1.83. The van der Waals surface area contributed by atoms with Crippen molar-refractivity contribution in [2.75, 3.05) is 34.8 Å². The summed E-state index contributed by atoms with van der Waals surface area (Å²) >= 11 is 7.95. The Morgan fingerprint density at radius 3 is 2.54 bits per heavy atom. The summed E-state index contributed by atoms with van der Waals surface area (Å²) in [6.45, 7) is 1.78. The minimum atomic E-state index is -1.22. The standard InChI is InChI=1S/C16H15ClN2O4S/c17-10-1-2-12(19-5-7-24-8-6-19)11(9-10)18-15(20)13-3-4-14(23-13)16(21)22/h1-4,9H,5-8H2,(H,18,20)(H,21,22). The van der Waals surface area contributed by atoms with Gasteiger partial charge in [-0.15, -0.1) is 0 Å². The zero-order valence-corrected chi connectivity index (χ0v) is 14.2. The van der Waals surface area contributed by atoms with Gasteiger partial charge >= 0.3 is 5.97 Å². The van der Waals surface area contributed by atoms with Gasteiger partial charge in [-0.3, -0.25) is 4.79 Å². The Labute approximate surface area is 147 Å². The average Bonchev–Trinajstić information content (AvgIpc) is 3.06. The Kier molecular flexibility index (Phi) is 5.01. The highest BCUT2D eigenvalue weighted by Gasteiger charge is 2.19. The molecule has 2 N–H and O–H groups in total. The minimum absolute atomic E-state index is 0.0625. The van der Waals surface area contributed by atoms with Crippen molar-refractivity contribution in [2.45, 2.75) is 0 Å². The summed E-state index contributed by atoms with van der Waals surface area (Å²) in [6.07, 6.45) is 0. The number of carbonyl (C=O) groups is 2. The fourth-order valence-corrected chi connectivity index (χ4v) is 3.52. The average molecular weight is 367 g/mol. The number of hydrogen-bond acceptors (Lipinski definition) is 5. The van der Waals surface area contributed by atoms with Crippen molar-refractivity contribution in [1.82, 2.24) is 0 Å². The molecule has 0 bridgehead atoms. The van der Waals surface area contributed by atoms with Gasteiger partial charge in [0.15, 0.2) is 5.76 Å². The maximum Gasteiger partial charge on any atom is 0.371 e. The van der Waals surface area contributed by atoms with E-state index in [1.165, 1.54) is 12.1 Å². The molecule has 0 unspecified atom stereocenters. The summed E-state index contributed by atoms with van der Waals surface area (Å²) in [5.41, 5.74) is 1.46. The quantitative estimate of drug-likeness (QED) is 0.862. The van der Waals surface area contributed by atoms with Gasteiger partial charge in [0, 0.05) is 29.6 Å². The largest absolute Gasteiger partial charge is 0.475 e. The predicted octanol–water partition coefficient (Wildman–Crippen LogP) is 3.44. The third-order valence-electron chi connectivity index (χ3n) is 3.60. The van der Waals surface area contributed by atoms with E-state index in [-0.39, 0.29) is 11.5 Å². The number of halogens is 1. The van der Waals surface area contributed by atoms with E-state index in [2.05, 4.69) is 10.2 Å². The zero-order valence-electron chi connectivity index (χ0n) is 12.6. The van der Waals surface area contributed by atoms with E-state index in [1.807, 2.05) is 17.8 Å². The number of thioether (sulfide) groups is 1. The van der Waals surface area contributed by atoms with E-state index in [0.29, 0.717) is 10.7 Å². The summed E-state index contributed by atoms with van der Waals surface area (Å²) in [5, 5.41) is 12.1. The first-order chi connectivity index (χ1) is 11.5. The highest BCUT2D eigenvalue weighted by Crippen LogP contribution is 2.31. The molecule has 1 aromatic carbocycles. The highest BCUT2D eigenvalue weighted by molar-refractivity contribution is 7.99. The Morgan fingerprint density at radius 2 is 1.88 bits per heavy atom. The van der Waals surface area contributed by atoms with Gasteiger partial charge in [0.1, 0.15) is 0 Å². The fraction of sp³-hybridized carbons (Fsp3) is 0.250.